The van der Waals surface area contributed by atoms with Crippen molar-refractivity contribution in [3.05, 3.63) is 36.4 Å². The Bertz CT molecular complexity index is 537. The lowest BCUT2D eigenvalue weighted by Gasteiger charge is -2.18. The topological polar surface area (TPSA) is 54.9 Å². The zero-order valence-corrected chi connectivity index (χ0v) is 14.1. The minimum atomic E-state index is 0.319. The first-order chi connectivity index (χ1) is 11.3. The maximum Gasteiger partial charge on any atom is 0.191 e. The highest BCUT2D eigenvalue weighted by molar-refractivity contribution is 5.79. The monoisotopic (exact) mass is 317 g/mol. The average molecular weight is 317 g/mol. The molecule has 1 aliphatic carbocycles. The van der Waals surface area contributed by atoms with Crippen molar-refractivity contribution in [2.45, 2.75) is 38.3 Å². The van der Waals surface area contributed by atoms with E-state index in [-0.39, 0.29) is 0 Å². The van der Waals surface area contributed by atoms with Gasteiger partial charge in [0, 0.05) is 31.8 Å². The first-order valence-corrected chi connectivity index (χ1v) is 8.15. The molecule has 0 amide bonds. The Morgan fingerprint density at radius 1 is 1.35 bits per heavy atom. The summed E-state index contributed by atoms with van der Waals surface area (Å²) in [5.41, 5.74) is 1.10. The summed E-state index contributed by atoms with van der Waals surface area (Å²) >= 11 is 0. The molecule has 2 N–H and O–H groups in total. The molecule has 0 saturated heterocycles. The van der Waals surface area contributed by atoms with Gasteiger partial charge in [0.05, 0.1) is 13.2 Å². The van der Waals surface area contributed by atoms with Crippen molar-refractivity contribution >= 4 is 5.96 Å². The number of nitrogens with zero attached hydrogens (tertiary/aromatic N) is 1. The molecule has 126 valence electrons. The second-order valence-corrected chi connectivity index (χ2v) is 5.59. The Hall–Kier alpha value is -2.17. The molecule has 0 aliphatic heterocycles. The predicted octanol–water partition coefficient (Wildman–Crippen LogP) is 2.87. The van der Waals surface area contributed by atoms with E-state index in [0.717, 1.165) is 35.9 Å². The van der Waals surface area contributed by atoms with Gasteiger partial charge in [-0.15, -0.1) is 6.58 Å². The van der Waals surface area contributed by atoms with Crippen LogP contribution in [-0.4, -0.2) is 32.8 Å². The highest BCUT2D eigenvalue weighted by Gasteiger charge is 2.18. The number of nitrogens with one attached hydrogen (secondary N) is 2. The van der Waals surface area contributed by atoms with Crippen LogP contribution in [0.25, 0.3) is 0 Å². The van der Waals surface area contributed by atoms with Crippen LogP contribution in [-0.2, 0) is 6.54 Å². The van der Waals surface area contributed by atoms with Gasteiger partial charge in [-0.1, -0.05) is 6.08 Å². The summed E-state index contributed by atoms with van der Waals surface area (Å²) in [5.74, 6) is 2.45. The minimum Gasteiger partial charge on any atom is -0.497 e. The van der Waals surface area contributed by atoms with Gasteiger partial charge in [0.25, 0.3) is 0 Å². The van der Waals surface area contributed by atoms with Crippen molar-refractivity contribution in [1.29, 1.82) is 0 Å². The lowest BCUT2D eigenvalue weighted by molar-refractivity contribution is 0.207. The van der Waals surface area contributed by atoms with E-state index in [0.29, 0.717) is 19.2 Å². The van der Waals surface area contributed by atoms with Crippen molar-refractivity contribution in [3.8, 4) is 11.5 Å². The normalized spacial score (nSPS) is 15.3. The van der Waals surface area contributed by atoms with Gasteiger partial charge in [-0.2, -0.15) is 0 Å². The van der Waals surface area contributed by atoms with Crippen LogP contribution in [0.15, 0.2) is 35.8 Å². The van der Waals surface area contributed by atoms with E-state index < -0.39 is 0 Å². The smallest absolute Gasteiger partial charge is 0.191 e. The summed E-state index contributed by atoms with van der Waals surface area (Å²) in [6, 6.07) is 5.96. The van der Waals surface area contributed by atoms with Crippen LogP contribution in [0.2, 0.25) is 0 Å². The molecule has 0 heterocycles. The van der Waals surface area contributed by atoms with Crippen LogP contribution in [0.1, 0.15) is 31.2 Å². The van der Waals surface area contributed by atoms with Gasteiger partial charge in [0.15, 0.2) is 5.96 Å². The molecule has 2 rings (SSSR count). The van der Waals surface area contributed by atoms with Gasteiger partial charge >= 0.3 is 0 Å². The summed E-state index contributed by atoms with van der Waals surface area (Å²) in [4.78, 5) is 4.19. The number of methoxy groups -OCH3 is 1. The van der Waals surface area contributed by atoms with Crippen LogP contribution in [0.4, 0.5) is 0 Å². The first kappa shape index (κ1) is 17.2. The molecule has 5 heteroatoms. The zero-order chi connectivity index (χ0) is 16.5. The predicted molar refractivity (Wildman–Crippen MR) is 94.3 cm³/mol. The lowest BCUT2D eigenvalue weighted by atomic mass is 10.2. The van der Waals surface area contributed by atoms with Crippen LogP contribution >= 0.6 is 0 Å². The van der Waals surface area contributed by atoms with Crippen molar-refractivity contribution in [3.63, 3.8) is 0 Å². The molecule has 0 bridgehead atoms. The number of hydrogen-bond acceptors (Lipinski definition) is 3. The molecule has 1 aromatic carbocycles. The Balaban J connectivity index is 2.05. The Morgan fingerprint density at radius 3 is 2.78 bits per heavy atom. The molecule has 1 saturated carbocycles. The molecule has 23 heavy (non-hydrogen) atoms. The largest absolute Gasteiger partial charge is 0.497 e. The minimum absolute atomic E-state index is 0.319. The molecule has 0 aromatic heterocycles. The van der Waals surface area contributed by atoms with E-state index in [1.165, 1.54) is 12.8 Å². The van der Waals surface area contributed by atoms with Crippen molar-refractivity contribution in [1.82, 2.24) is 10.6 Å². The fourth-order valence-corrected chi connectivity index (χ4v) is 2.67. The maximum absolute atomic E-state index is 6.20. The molecule has 5 nitrogen and oxygen atoms in total. The fourth-order valence-electron chi connectivity index (χ4n) is 2.67. The van der Waals surface area contributed by atoms with Gasteiger partial charge in [-0.05, 0) is 37.8 Å². The van der Waals surface area contributed by atoms with E-state index >= 15 is 0 Å². The Labute approximate surface area is 138 Å². The van der Waals surface area contributed by atoms with Gasteiger partial charge in [-0.25, -0.2) is 0 Å². The first-order valence-electron chi connectivity index (χ1n) is 8.15. The number of benzene rings is 1. The highest BCUT2D eigenvalue weighted by atomic mass is 16.5. The van der Waals surface area contributed by atoms with E-state index in [1.807, 2.05) is 18.2 Å². The third kappa shape index (κ3) is 5.20. The molecule has 0 spiro atoms. The number of hydrogen-bond donors (Lipinski definition) is 2. The van der Waals surface area contributed by atoms with E-state index in [2.05, 4.69) is 22.2 Å². The molecule has 1 aliphatic rings. The standard InChI is InChI=1S/C18H27N3O2/c1-4-11-20-18(19-2)21-13-14-9-10-16(22-3)12-17(14)23-15-7-5-6-8-15/h4,9-10,12,15H,1,5-8,11,13H2,2-3H3,(H2,19,20,21). The Morgan fingerprint density at radius 2 is 2.13 bits per heavy atom. The van der Waals surface area contributed by atoms with E-state index in [1.54, 1.807) is 20.2 Å². The van der Waals surface area contributed by atoms with Gasteiger partial charge < -0.3 is 20.1 Å². The third-order valence-corrected chi connectivity index (χ3v) is 3.95. The van der Waals surface area contributed by atoms with E-state index in [4.69, 9.17) is 9.47 Å². The van der Waals surface area contributed by atoms with Crippen LogP contribution in [0, 0.1) is 0 Å². The molecule has 0 atom stereocenters. The summed E-state index contributed by atoms with van der Waals surface area (Å²) in [6.45, 7) is 5.01. The second kappa shape index (κ2) is 9.08. The van der Waals surface area contributed by atoms with Crippen LogP contribution in [0.3, 0.4) is 0 Å². The second-order valence-electron chi connectivity index (χ2n) is 5.59. The molecular formula is C18H27N3O2. The number of ether oxygens (including phenoxy) is 2. The SMILES string of the molecule is C=CCNC(=NC)NCc1ccc(OC)cc1OC1CCCC1. The summed E-state index contributed by atoms with van der Waals surface area (Å²) in [7, 11) is 3.43. The van der Waals surface area contributed by atoms with Crippen LogP contribution in [0.5, 0.6) is 11.5 Å². The summed E-state index contributed by atoms with van der Waals surface area (Å²) in [6.07, 6.45) is 6.88. The van der Waals surface area contributed by atoms with Gasteiger partial charge in [0.2, 0.25) is 0 Å². The fraction of sp³-hybridized carbons (Fsp3) is 0.500. The molecule has 0 radical (unpaired) electrons. The van der Waals surface area contributed by atoms with Crippen molar-refractivity contribution in [2.75, 3.05) is 20.7 Å². The number of aliphatic imine (C=N–C) groups is 1. The molecule has 1 aromatic rings. The summed E-state index contributed by atoms with van der Waals surface area (Å²) < 4.78 is 11.5. The zero-order valence-electron chi connectivity index (χ0n) is 14.1. The Kier molecular flexibility index (Phi) is 6.78. The van der Waals surface area contributed by atoms with Crippen molar-refractivity contribution in [2.24, 2.45) is 4.99 Å². The lowest BCUT2D eigenvalue weighted by Crippen LogP contribution is -2.36. The van der Waals surface area contributed by atoms with E-state index in [9.17, 15) is 0 Å². The van der Waals surface area contributed by atoms with Gasteiger partial charge in [-0.3, -0.25) is 4.99 Å². The van der Waals surface area contributed by atoms with Gasteiger partial charge in [0.1, 0.15) is 11.5 Å². The maximum atomic E-state index is 6.20. The molecular weight excluding hydrogens is 290 g/mol. The number of rotatable bonds is 7. The molecule has 0 unspecified atom stereocenters. The van der Waals surface area contributed by atoms with Crippen LogP contribution < -0.4 is 20.1 Å². The van der Waals surface area contributed by atoms with Crippen molar-refractivity contribution < 1.29 is 9.47 Å². The average Bonchev–Trinajstić information content (AvgIpc) is 3.09. The highest BCUT2D eigenvalue weighted by Crippen LogP contribution is 2.29. The third-order valence-electron chi connectivity index (χ3n) is 3.95. The summed E-state index contributed by atoms with van der Waals surface area (Å²) in [5, 5.41) is 6.45. The molecule has 1 fully saturated rings. The number of guanidine groups is 1. The quantitative estimate of drug-likeness (QED) is 0.461.